The van der Waals surface area contributed by atoms with Crippen molar-refractivity contribution in [3.8, 4) is 11.5 Å². The quantitative estimate of drug-likeness (QED) is 0.507. The first kappa shape index (κ1) is 23.5. The fraction of sp³-hybridized carbons (Fsp3) is 0.136. The average molecular weight is 463 g/mol. The number of amides is 2. The van der Waals surface area contributed by atoms with Crippen LogP contribution in [-0.4, -0.2) is 23.2 Å². The van der Waals surface area contributed by atoms with Crippen molar-refractivity contribution >= 4 is 17.5 Å². The predicted octanol–water partition coefficient (Wildman–Crippen LogP) is 4.36. The van der Waals surface area contributed by atoms with Crippen LogP contribution in [0, 0.1) is 12.7 Å². The van der Waals surface area contributed by atoms with Crippen LogP contribution in [-0.2, 0) is 6.61 Å². The molecule has 2 amide bonds. The van der Waals surface area contributed by atoms with Gasteiger partial charge in [0, 0.05) is 17.4 Å². The number of benzene rings is 2. The standard InChI is InChI=1S/C22H17F4N3O4/c1-12-2-4-16(6-15(12)11-32-17-7-14(20(27)30)9-28-10-17)29-21(31)13-3-5-19(18(23)8-13)33-22(24,25)26/h2-10H,11H2,1H3,(H2,27,30)(H,29,31). The van der Waals surface area contributed by atoms with Gasteiger partial charge in [-0.2, -0.15) is 0 Å². The first-order valence-electron chi connectivity index (χ1n) is 9.35. The summed E-state index contributed by atoms with van der Waals surface area (Å²) in [5.74, 6) is -3.44. The fourth-order valence-electron chi connectivity index (χ4n) is 2.75. The van der Waals surface area contributed by atoms with Gasteiger partial charge in [0.1, 0.15) is 12.4 Å². The molecule has 172 valence electrons. The highest BCUT2D eigenvalue weighted by atomic mass is 19.4. The van der Waals surface area contributed by atoms with Crippen LogP contribution >= 0.6 is 0 Å². The van der Waals surface area contributed by atoms with Gasteiger partial charge in [0.25, 0.3) is 5.91 Å². The summed E-state index contributed by atoms with van der Waals surface area (Å²) in [4.78, 5) is 27.5. The Kier molecular flexibility index (Phi) is 6.80. The van der Waals surface area contributed by atoms with Crippen molar-refractivity contribution < 1.29 is 36.6 Å². The minimum atomic E-state index is -5.05. The van der Waals surface area contributed by atoms with Gasteiger partial charge < -0.3 is 20.5 Å². The molecule has 0 bridgehead atoms. The molecule has 1 heterocycles. The molecule has 0 fully saturated rings. The molecule has 33 heavy (non-hydrogen) atoms. The second-order valence-corrected chi connectivity index (χ2v) is 6.85. The maximum absolute atomic E-state index is 13.9. The summed E-state index contributed by atoms with van der Waals surface area (Å²) in [7, 11) is 0. The lowest BCUT2D eigenvalue weighted by atomic mass is 10.1. The SMILES string of the molecule is Cc1ccc(NC(=O)c2ccc(OC(F)(F)F)c(F)c2)cc1COc1cncc(C(N)=O)c1. The minimum Gasteiger partial charge on any atom is -0.487 e. The van der Waals surface area contributed by atoms with Crippen LogP contribution in [0.2, 0.25) is 0 Å². The molecule has 1 aromatic heterocycles. The summed E-state index contributed by atoms with van der Waals surface area (Å²) in [5.41, 5.74) is 7.09. The normalized spacial score (nSPS) is 11.1. The molecule has 2 aromatic carbocycles. The Morgan fingerprint density at radius 2 is 1.82 bits per heavy atom. The summed E-state index contributed by atoms with van der Waals surface area (Å²) in [6.07, 6.45) is -2.34. The van der Waals surface area contributed by atoms with Crippen LogP contribution in [0.5, 0.6) is 11.5 Å². The topological polar surface area (TPSA) is 104 Å². The van der Waals surface area contributed by atoms with Gasteiger partial charge in [-0.05, 0) is 54.4 Å². The third-order valence-corrected chi connectivity index (χ3v) is 4.42. The fourth-order valence-corrected chi connectivity index (χ4v) is 2.75. The number of carbonyl (C=O) groups excluding carboxylic acids is 2. The van der Waals surface area contributed by atoms with Crippen molar-refractivity contribution in [2.45, 2.75) is 19.9 Å². The molecule has 0 aliphatic heterocycles. The van der Waals surface area contributed by atoms with E-state index in [-0.39, 0.29) is 17.7 Å². The van der Waals surface area contributed by atoms with E-state index in [1.54, 1.807) is 18.2 Å². The van der Waals surface area contributed by atoms with E-state index in [1.165, 1.54) is 18.5 Å². The van der Waals surface area contributed by atoms with E-state index in [0.29, 0.717) is 23.1 Å². The van der Waals surface area contributed by atoms with E-state index >= 15 is 0 Å². The van der Waals surface area contributed by atoms with Gasteiger partial charge in [0.05, 0.1) is 11.8 Å². The molecule has 0 aliphatic rings. The first-order valence-corrected chi connectivity index (χ1v) is 9.35. The number of nitrogens with one attached hydrogen (secondary N) is 1. The van der Waals surface area contributed by atoms with Crippen molar-refractivity contribution in [2.24, 2.45) is 5.73 Å². The summed E-state index contributed by atoms with van der Waals surface area (Å²) in [6.45, 7) is 1.90. The number of aromatic nitrogens is 1. The zero-order valence-electron chi connectivity index (χ0n) is 17.1. The summed E-state index contributed by atoms with van der Waals surface area (Å²) >= 11 is 0. The highest BCUT2D eigenvalue weighted by molar-refractivity contribution is 6.04. The van der Waals surface area contributed by atoms with Gasteiger partial charge in [-0.25, -0.2) is 4.39 Å². The van der Waals surface area contributed by atoms with Gasteiger partial charge in [-0.1, -0.05) is 6.07 Å². The zero-order chi connectivity index (χ0) is 24.2. The molecule has 0 atom stereocenters. The van der Waals surface area contributed by atoms with Crippen LogP contribution in [0.1, 0.15) is 31.8 Å². The van der Waals surface area contributed by atoms with E-state index in [4.69, 9.17) is 10.5 Å². The smallest absolute Gasteiger partial charge is 0.487 e. The number of aryl methyl sites for hydroxylation is 1. The monoisotopic (exact) mass is 463 g/mol. The third-order valence-electron chi connectivity index (χ3n) is 4.42. The summed E-state index contributed by atoms with van der Waals surface area (Å²) < 4.78 is 59.9. The largest absolute Gasteiger partial charge is 0.573 e. The lowest BCUT2D eigenvalue weighted by molar-refractivity contribution is -0.275. The predicted molar refractivity (Wildman–Crippen MR) is 109 cm³/mol. The Labute approximate surface area is 185 Å². The number of anilines is 1. The van der Waals surface area contributed by atoms with Crippen molar-refractivity contribution in [1.82, 2.24) is 4.98 Å². The van der Waals surface area contributed by atoms with Crippen LogP contribution in [0.25, 0.3) is 0 Å². The van der Waals surface area contributed by atoms with E-state index in [9.17, 15) is 27.2 Å². The number of ether oxygens (including phenoxy) is 2. The minimum absolute atomic E-state index is 0.0809. The Hall–Kier alpha value is -4.15. The van der Waals surface area contributed by atoms with Crippen molar-refractivity contribution in [3.05, 3.63) is 82.9 Å². The number of carbonyl (C=O) groups is 2. The molecule has 0 aliphatic carbocycles. The van der Waals surface area contributed by atoms with Gasteiger partial charge in [-0.3, -0.25) is 14.6 Å². The third kappa shape index (κ3) is 6.42. The van der Waals surface area contributed by atoms with Crippen molar-refractivity contribution in [1.29, 1.82) is 0 Å². The Morgan fingerprint density at radius 3 is 2.48 bits per heavy atom. The molecule has 0 spiro atoms. The summed E-state index contributed by atoms with van der Waals surface area (Å²) in [5, 5.41) is 2.55. The van der Waals surface area contributed by atoms with Gasteiger partial charge >= 0.3 is 6.36 Å². The van der Waals surface area contributed by atoms with E-state index in [1.807, 2.05) is 6.92 Å². The number of hydrogen-bond donors (Lipinski definition) is 2. The van der Waals surface area contributed by atoms with Gasteiger partial charge in [0.15, 0.2) is 11.6 Å². The molecule has 0 unspecified atom stereocenters. The molecule has 7 nitrogen and oxygen atoms in total. The Bertz CT molecular complexity index is 1200. The van der Waals surface area contributed by atoms with Crippen LogP contribution < -0.4 is 20.5 Å². The number of rotatable bonds is 7. The van der Waals surface area contributed by atoms with Gasteiger partial charge in [-0.15, -0.1) is 13.2 Å². The van der Waals surface area contributed by atoms with Crippen LogP contribution in [0.15, 0.2) is 54.9 Å². The zero-order valence-corrected chi connectivity index (χ0v) is 17.1. The average Bonchev–Trinajstić information content (AvgIpc) is 2.74. The lowest BCUT2D eigenvalue weighted by Gasteiger charge is -2.13. The van der Waals surface area contributed by atoms with E-state index < -0.39 is 29.7 Å². The number of nitrogens with two attached hydrogens (primary N) is 1. The van der Waals surface area contributed by atoms with Crippen molar-refractivity contribution in [2.75, 3.05) is 5.32 Å². The highest BCUT2D eigenvalue weighted by Crippen LogP contribution is 2.26. The molecule has 3 rings (SSSR count). The number of primary amides is 1. The van der Waals surface area contributed by atoms with E-state index in [0.717, 1.165) is 17.7 Å². The van der Waals surface area contributed by atoms with Crippen molar-refractivity contribution in [3.63, 3.8) is 0 Å². The summed E-state index contributed by atoms with van der Waals surface area (Å²) in [6, 6.07) is 8.76. The maximum Gasteiger partial charge on any atom is 0.573 e. The molecular formula is C22H17F4N3O4. The molecule has 0 saturated heterocycles. The number of hydrogen-bond acceptors (Lipinski definition) is 5. The second kappa shape index (κ2) is 9.55. The molecule has 0 saturated carbocycles. The van der Waals surface area contributed by atoms with Gasteiger partial charge in [0.2, 0.25) is 5.91 Å². The molecule has 11 heteroatoms. The molecule has 0 radical (unpaired) electrons. The van der Waals surface area contributed by atoms with Crippen LogP contribution in [0.4, 0.5) is 23.2 Å². The number of halogens is 4. The molecule has 3 N–H and O–H groups in total. The highest BCUT2D eigenvalue weighted by Gasteiger charge is 2.32. The number of pyridine rings is 1. The lowest BCUT2D eigenvalue weighted by Crippen LogP contribution is -2.18. The molecule has 3 aromatic rings. The van der Waals surface area contributed by atoms with Crippen LogP contribution in [0.3, 0.4) is 0 Å². The number of alkyl halides is 3. The first-order chi connectivity index (χ1) is 15.5. The number of nitrogens with zero attached hydrogens (tertiary/aromatic N) is 1. The maximum atomic E-state index is 13.9. The van der Waals surface area contributed by atoms with E-state index in [2.05, 4.69) is 15.0 Å². The Morgan fingerprint density at radius 1 is 1.06 bits per heavy atom. The molecular weight excluding hydrogens is 446 g/mol. The Balaban J connectivity index is 1.70. The second-order valence-electron chi connectivity index (χ2n) is 6.85.